The summed E-state index contributed by atoms with van der Waals surface area (Å²) < 4.78 is 11.1. The molecule has 5 heteroatoms. The molecule has 2 atom stereocenters. The molecule has 3 rings (SSSR count). The van der Waals surface area contributed by atoms with E-state index in [9.17, 15) is 15.0 Å². The standard InChI is InChI=1S/C25H26O5/c1-16(18-8-4-6-10-23(18)29-2)14-20(19-9-5-7-11-24(19)30-3)17-12-13-22(26)21(15-17)25(27)28/h4-13,15-16,20,26H,14H2,1-3H3,(H,27,28). The van der Waals surface area contributed by atoms with Crippen molar-refractivity contribution < 1.29 is 24.5 Å². The van der Waals surface area contributed by atoms with Crippen LogP contribution in [-0.4, -0.2) is 30.4 Å². The van der Waals surface area contributed by atoms with Crippen molar-refractivity contribution in [3.05, 3.63) is 89.0 Å². The number of aromatic hydroxyl groups is 1. The van der Waals surface area contributed by atoms with Crippen LogP contribution in [0.1, 0.15) is 52.2 Å². The number of hydrogen-bond donors (Lipinski definition) is 2. The van der Waals surface area contributed by atoms with Gasteiger partial charge in [0.05, 0.1) is 14.2 Å². The number of rotatable bonds is 8. The molecule has 0 saturated carbocycles. The minimum Gasteiger partial charge on any atom is -0.507 e. The number of methoxy groups -OCH3 is 2. The molecule has 3 aromatic rings. The zero-order valence-corrected chi connectivity index (χ0v) is 17.3. The van der Waals surface area contributed by atoms with Gasteiger partial charge in [-0.3, -0.25) is 0 Å². The number of carboxylic acids is 1. The van der Waals surface area contributed by atoms with E-state index >= 15 is 0 Å². The molecular formula is C25H26O5. The highest BCUT2D eigenvalue weighted by Crippen LogP contribution is 2.41. The number of phenols is 1. The summed E-state index contributed by atoms with van der Waals surface area (Å²) in [5.74, 6) is 0.131. The molecule has 5 nitrogen and oxygen atoms in total. The van der Waals surface area contributed by atoms with E-state index in [1.54, 1.807) is 26.4 Å². The van der Waals surface area contributed by atoms with Gasteiger partial charge >= 0.3 is 5.97 Å². The topological polar surface area (TPSA) is 76.0 Å². The van der Waals surface area contributed by atoms with Crippen molar-refractivity contribution in [1.82, 2.24) is 0 Å². The van der Waals surface area contributed by atoms with Crippen molar-refractivity contribution in [2.24, 2.45) is 0 Å². The third kappa shape index (κ3) is 4.40. The molecule has 0 amide bonds. The van der Waals surface area contributed by atoms with E-state index in [4.69, 9.17) is 9.47 Å². The number of carboxylic acid groups (broad SMARTS) is 1. The lowest BCUT2D eigenvalue weighted by Crippen LogP contribution is -2.10. The molecule has 0 fully saturated rings. The van der Waals surface area contributed by atoms with E-state index in [1.807, 2.05) is 48.5 Å². The molecule has 0 aliphatic carbocycles. The number of benzene rings is 3. The van der Waals surface area contributed by atoms with Crippen molar-refractivity contribution in [1.29, 1.82) is 0 Å². The maximum absolute atomic E-state index is 11.6. The average molecular weight is 406 g/mol. The fourth-order valence-corrected chi connectivity index (χ4v) is 3.89. The molecular weight excluding hydrogens is 380 g/mol. The molecule has 0 heterocycles. The Kier molecular flexibility index (Phi) is 6.62. The fraction of sp³-hybridized carbons (Fsp3) is 0.240. The van der Waals surface area contributed by atoms with E-state index in [0.717, 1.165) is 28.2 Å². The summed E-state index contributed by atoms with van der Waals surface area (Å²) >= 11 is 0. The Morgan fingerprint density at radius 3 is 2.07 bits per heavy atom. The first-order valence-corrected chi connectivity index (χ1v) is 9.78. The first-order valence-electron chi connectivity index (χ1n) is 9.78. The SMILES string of the molecule is COc1ccccc1C(C)CC(c1ccc(O)c(C(=O)O)c1)c1ccccc1OC. The number of carbonyl (C=O) groups is 1. The second-order valence-electron chi connectivity index (χ2n) is 7.25. The Balaban J connectivity index is 2.09. The number of para-hydroxylation sites is 2. The predicted molar refractivity (Wildman–Crippen MR) is 116 cm³/mol. The summed E-state index contributed by atoms with van der Waals surface area (Å²) in [6.07, 6.45) is 0.699. The number of hydrogen-bond acceptors (Lipinski definition) is 4. The molecule has 0 radical (unpaired) electrons. The van der Waals surface area contributed by atoms with Crippen LogP contribution in [0.3, 0.4) is 0 Å². The third-order valence-corrected chi connectivity index (χ3v) is 5.43. The Morgan fingerprint density at radius 1 is 0.900 bits per heavy atom. The normalized spacial score (nSPS) is 12.8. The van der Waals surface area contributed by atoms with Crippen molar-refractivity contribution in [3.63, 3.8) is 0 Å². The van der Waals surface area contributed by atoms with Crippen LogP contribution in [0.25, 0.3) is 0 Å². The predicted octanol–water partition coefficient (Wildman–Crippen LogP) is 5.43. The molecule has 2 N–H and O–H groups in total. The molecule has 156 valence electrons. The number of aromatic carboxylic acids is 1. The molecule has 0 bridgehead atoms. The van der Waals surface area contributed by atoms with Crippen molar-refractivity contribution in [3.8, 4) is 17.2 Å². The summed E-state index contributed by atoms with van der Waals surface area (Å²) in [7, 11) is 3.28. The maximum Gasteiger partial charge on any atom is 0.339 e. The minimum atomic E-state index is -1.16. The van der Waals surface area contributed by atoms with Crippen LogP contribution in [0, 0.1) is 0 Å². The summed E-state index contributed by atoms with van der Waals surface area (Å²) in [5, 5.41) is 19.4. The van der Waals surface area contributed by atoms with E-state index in [-0.39, 0.29) is 23.1 Å². The second-order valence-corrected chi connectivity index (χ2v) is 7.25. The zero-order valence-electron chi connectivity index (χ0n) is 17.3. The van der Waals surface area contributed by atoms with E-state index in [2.05, 4.69) is 6.92 Å². The largest absolute Gasteiger partial charge is 0.507 e. The van der Waals surface area contributed by atoms with Crippen LogP contribution in [0.15, 0.2) is 66.7 Å². The van der Waals surface area contributed by atoms with Gasteiger partial charge in [-0.2, -0.15) is 0 Å². The minimum absolute atomic E-state index is 0.114. The lowest BCUT2D eigenvalue weighted by molar-refractivity contribution is 0.0693. The lowest BCUT2D eigenvalue weighted by Gasteiger charge is -2.25. The van der Waals surface area contributed by atoms with E-state index < -0.39 is 5.97 Å². The lowest BCUT2D eigenvalue weighted by atomic mass is 9.81. The number of ether oxygens (including phenoxy) is 2. The average Bonchev–Trinajstić information content (AvgIpc) is 2.77. The van der Waals surface area contributed by atoms with Gasteiger partial charge in [-0.25, -0.2) is 4.79 Å². The molecule has 30 heavy (non-hydrogen) atoms. The molecule has 0 aliphatic heterocycles. The van der Waals surface area contributed by atoms with E-state index in [0.29, 0.717) is 6.42 Å². The Morgan fingerprint density at radius 2 is 1.47 bits per heavy atom. The molecule has 0 spiro atoms. The van der Waals surface area contributed by atoms with Gasteiger partial charge in [-0.05, 0) is 47.7 Å². The van der Waals surface area contributed by atoms with Gasteiger partial charge in [-0.1, -0.05) is 49.4 Å². The van der Waals surface area contributed by atoms with Gasteiger partial charge in [0, 0.05) is 11.5 Å². The van der Waals surface area contributed by atoms with Gasteiger partial charge in [0.15, 0.2) is 0 Å². The monoisotopic (exact) mass is 406 g/mol. The summed E-state index contributed by atoms with van der Waals surface area (Å²) in [4.78, 5) is 11.6. The molecule has 0 aromatic heterocycles. The Hall–Kier alpha value is -3.47. The summed E-state index contributed by atoms with van der Waals surface area (Å²) in [6, 6.07) is 20.4. The van der Waals surface area contributed by atoms with Crippen LogP contribution < -0.4 is 9.47 Å². The second kappa shape index (κ2) is 9.35. The fourth-order valence-electron chi connectivity index (χ4n) is 3.89. The molecule has 2 unspecified atom stereocenters. The van der Waals surface area contributed by atoms with Crippen LogP contribution in [-0.2, 0) is 0 Å². The van der Waals surface area contributed by atoms with Crippen molar-refractivity contribution >= 4 is 5.97 Å². The van der Waals surface area contributed by atoms with Crippen LogP contribution in [0.4, 0.5) is 0 Å². The molecule has 3 aromatic carbocycles. The quantitative estimate of drug-likeness (QED) is 0.521. The highest BCUT2D eigenvalue weighted by molar-refractivity contribution is 5.91. The summed E-state index contributed by atoms with van der Waals surface area (Å²) in [5.41, 5.74) is 2.73. The van der Waals surface area contributed by atoms with E-state index in [1.165, 1.54) is 6.07 Å². The van der Waals surface area contributed by atoms with Crippen LogP contribution in [0.5, 0.6) is 17.2 Å². The first kappa shape index (κ1) is 21.2. The highest BCUT2D eigenvalue weighted by Gasteiger charge is 2.24. The molecule has 0 saturated heterocycles. The van der Waals surface area contributed by atoms with Gasteiger partial charge in [0.25, 0.3) is 0 Å². The van der Waals surface area contributed by atoms with Crippen molar-refractivity contribution in [2.45, 2.75) is 25.2 Å². The van der Waals surface area contributed by atoms with Crippen LogP contribution in [0.2, 0.25) is 0 Å². The zero-order chi connectivity index (χ0) is 21.7. The maximum atomic E-state index is 11.6. The highest BCUT2D eigenvalue weighted by atomic mass is 16.5. The third-order valence-electron chi connectivity index (χ3n) is 5.43. The first-order chi connectivity index (χ1) is 14.5. The van der Waals surface area contributed by atoms with Crippen molar-refractivity contribution in [2.75, 3.05) is 14.2 Å². The molecule has 0 aliphatic rings. The van der Waals surface area contributed by atoms with Gasteiger partial charge < -0.3 is 19.7 Å². The summed E-state index contributed by atoms with van der Waals surface area (Å²) in [6.45, 7) is 2.12. The van der Waals surface area contributed by atoms with Gasteiger partial charge in [-0.15, -0.1) is 0 Å². The van der Waals surface area contributed by atoms with Crippen LogP contribution >= 0.6 is 0 Å². The Labute approximate surface area is 176 Å². The smallest absolute Gasteiger partial charge is 0.339 e. The van der Waals surface area contributed by atoms with Gasteiger partial charge in [0.2, 0.25) is 0 Å². The Bertz CT molecular complexity index is 1030. The van der Waals surface area contributed by atoms with Gasteiger partial charge in [0.1, 0.15) is 22.8 Å².